The number of amides is 2. The average molecular weight is 409 g/mol. The summed E-state index contributed by atoms with van der Waals surface area (Å²) in [5, 5.41) is 4.67. The molecule has 0 saturated heterocycles. The summed E-state index contributed by atoms with van der Waals surface area (Å²) in [5.41, 5.74) is 1.56. The molecule has 0 unspecified atom stereocenters. The first-order valence-corrected chi connectivity index (χ1v) is 10.1. The molecule has 0 fully saturated rings. The van der Waals surface area contributed by atoms with Crippen LogP contribution in [0.3, 0.4) is 0 Å². The maximum Gasteiger partial charge on any atom is 0.429 e. The molecule has 1 N–H and O–H groups in total. The number of ketones is 1. The summed E-state index contributed by atoms with van der Waals surface area (Å²) in [5.74, 6) is -0.698. The molecule has 28 heavy (non-hydrogen) atoms. The van der Waals surface area contributed by atoms with Gasteiger partial charge in [-0.15, -0.1) is 0 Å². The lowest BCUT2D eigenvalue weighted by atomic mass is 9.94. The third-order valence-electron chi connectivity index (χ3n) is 3.78. The van der Waals surface area contributed by atoms with Crippen molar-refractivity contribution in [1.82, 2.24) is 10.4 Å². The van der Waals surface area contributed by atoms with Crippen molar-refractivity contribution in [3.63, 3.8) is 0 Å². The fraction of sp³-hybridized carbons (Fsp3) is 0.550. The topological polar surface area (TPSA) is 84.9 Å². The number of thiophene rings is 1. The Labute approximate surface area is 169 Å². The summed E-state index contributed by atoms with van der Waals surface area (Å²) >= 11 is 1.43. The quantitative estimate of drug-likeness (QED) is 0.450. The highest BCUT2D eigenvalue weighted by Crippen LogP contribution is 2.28. The molecular weight excluding hydrogens is 380 g/mol. The van der Waals surface area contributed by atoms with Crippen molar-refractivity contribution < 1.29 is 23.9 Å². The second kappa shape index (κ2) is 8.34. The maximum atomic E-state index is 12.9. The van der Waals surface area contributed by atoms with Crippen molar-refractivity contribution in [1.29, 1.82) is 0 Å². The first kappa shape index (κ1) is 21.9. The smallest absolute Gasteiger partial charge is 0.429 e. The zero-order valence-corrected chi connectivity index (χ0v) is 18.0. The van der Waals surface area contributed by atoms with E-state index < -0.39 is 35.3 Å². The second-order valence-electron chi connectivity index (χ2n) is 8.60. The van der Waals surface area contributed by atoms with Crippen molar-refractivity contribution in [2.45, 2.75) is 65.2 Å². The monoisotopic (exact) mass is 408 g/mol. The van der Waals surface area contributed by atoms with Gasteiger partial charge in [0.25, 0.3) is 0 Å². The molecule has 2 atom stereocenters. The van der Waals surface area contributed by atoms with Gasteiger partial charge in [0, 0.05) is 10.9 Å². The van der Waals surface area contributed by atoms with Gasteiger partial charge >= 0.3 is 12.2 Å². The summed E-state index contributed by atoms with van der Waals surface area (Å²) in [7, 11) is 0. The Kier molecular flexibility index (Phi) is 6.54. The van der Waals surface area contributed by atoms with Gasteiger partial charge in [-0.25, -0.2) is 20.0 Å². The Balaban J connectivity index is 2.25. The van der Waals surface area contributed by atoms with Crippen LogP contribution in [-0.2, 0) is 9.47 Å². The van der Waals surface area contributed by atoms with E-state index in [9.17, 15) is 14.4 Å². The largest absolute Gasteiger partial charge is 0.443 e. The summed E-state index contributed by atoms with van der Waals surface area (Å²) in [4.78, 5) is 38.0. The van der Waals surface area contributed by atoms with Gasteiger partial charge in [-0.2, -0.15) is 11.3 Å². The van der Waals surface area contributed by atoms with Crippen LogP contribution in [0.4, 0.5) is 9.59 Å². The van der Waals surface area contributed by atoms with Gasteiger partial charge in [-0.05, 0) is 59.4 Å². The van der Waals surface area contributed by atoms with Crippen LogP contribution >= 0.6 is 11.3 Å². The molecular formula is C20H28N2O5S. The minimum atomic E-state index is -0.785. The van der Waals surface area contributed by atoms with E-state index in [-0.39, 0.29) is 5.78 Å². The normalized spacial score (nSPS) is 19.2. The Morgan fingerprint density at radius 2 is 1.75 bits per heavy atom. The van der Waals surface area contributed by atoms with Gasteiger partial charge in [0.05, 0.1) is 12.0 Å². The van der Waals surface area contributed by atoms with Gasteiger partial charge in [-0.1, -0.05) is 12.2 Å². The second-order valence-corrected chi connectivity index (χ2v) is 9.38. The van der Waals surface area contributed by atoms with Crippen LogP contribution in [0.1, 0.15) is 58.3 Å². The maximum absolute atomic E-state index is 12.9. The summed E-state index contributed by atoms with van der Waals surface area (Å²) in [6, 6.07) is 1.14. The standard InChI is InChI=1S/C20H28N2O5S/c1-19(2,3)26-17(24)21-22(18(25)27-20(4,5)6)15-9-7-8-14(15)16(23)13-10-11-28-12-13/h7-8,10-12,14-15H,9H2,1-6H3,(H,21,24)/t14-,15-/m0/s1. The van der Waals surface area contributed by atoms with Crippen molar-refractivity contribution >= 4 is 29.3 Å². The molecule has 7 nitrogen and oxygen atoms in total. The fourth-order valence-corrected chi connectivity index (χ4v) is 3.38. The Morgan fingerprint density at radius 3 is 2.29 bits per heavy atom. The third-order valence-corrected chi connectivity index (χ3v) is 4.46. The van der Waals surface area contributed by atoms with Gasteiger partial charge in [0.15, 0.2) is 5.78 Å². The number of hydrogen-bond acceptors (Lipinski definition) is 6. The lowest BCUT2D eigenvalue weighted by Gasteiger charge is -2.34. The number of hydrogen-bond donors (Lipinski definition) is 1. The lowest BCUT2D eigenvalue weighted by molar-refractivity contribution is -0.0120. The highest BCUT2D eigenvalue weighted by Gasteiger charge is 2.40. The number of rotatable bonds is 3. The fourth-order valence-electron chi connectivity index (χ4n) is 2.74. The first-order chi connectivity index (χ1) is 12.9. The Bertz CT molecular complexity index is 744. The number of Topliss-reactive ketones (excluding diaryl/α,β-unsaturated/α-hetero) is 1. The van der Waals surface area contributed by atoms with E-state index in [1.165, 1.54) is 11.3 Å². The molecule has 0 spiro atoms. The Hall–Kier alpha value is -2.35. The molecule has 2 amide bonds. The van der Waals surface area contributed by atoms with Crippen LogP contribution in [0.2, 0.25) is 0 Å². The van der Waals surface area contributed by atoms with E-state index in [0.717, 1.165) is 5.01 Å². The van der Waals surface area contributed by atoms with Gasteiger partial charge < -0.3 is 9.47 Å². The molecule has 0 radical (unpaired) electrons. The van der Waals surface area contributed by atoms with E-state index in [1.807, 2.05) is 11.5 Å². The van der Waals surface area contributed by atoms with Gasteiger partial charge in [-0.3, -0.25) is 4.79 Å². The van der Waals surface area contributed by atoms with Gasteiger partial charge in [0.2, 0.25) is 0 Å². The highest BCUT2D eigenvalue weighted by atomic mass is 32.1. The molecule has 1 aliphatic carbocycles. The van der Waals surface area contributed by atoms with E-state index in [4.69, 9.17) is 9.47 Å². The van der Waals surface area contributed by atoms with Crippen LogP contribution in [-0.4, -0.2) is 40.2 Å². The molecule has 154 valence electrons. The van der Waals surface area contributed by atoms with E-state index in [2.05, 4.69) is 5.43 Å². The predicted molar refractivity (Wildman–Crippen MR) is 107 cm³/mol. The lowest BCUT2D eigenvalue weighted by Crippen LogP contribution is -2.56. The van der Waals surface area contributed by atoms with Crippen molar-refractivity contribution in [3.8, 4) is 0 Å². The minimum absolute atomic E-state index is 0.112. The number of nitrogens with one attached hydrogen (secondary N) is 1. The number of nitrogens with zero attached hydrogens (tertiary/aromatic N) is 1. The van der Waals surface area contributed by atoms with Crippen molar-refractivity contribution in [2.24, 2.45) is 5.92 Å². The summed E-state index contributed by atoms with van der Waals surface area (Å²) in [6.07, 6.45) is 2.48. The van der Waals surface area contributed by atoms with Crippen LogP contribution in [0.25, 0.3) is 0 Å². The molecule has 0 saturated carbocycles. The first-order valence-electron chi connectivity index (χ1n) is 9.12. The Morgan fingerprint density at radius 1 is 1.11 bits per heavy atom. The third kappa shape index (κ3) is 6.09. The molecule has 1 aromatic rings. The number of carbonyl (C=O) groups excluding carboxylic acids is 3. The SMILES string of the molecule is CC(C)(C)OC(=O)NN(C(=O)OC(C)(C)C)[C@H]1CC=C[C@@H]1C(=O)c1ccsc1. The van der Waals surface area contributed by atoms with E-state index >= 15 is 0 Å². The molecule has 2 rings (SSSR count). The minimum Gasteiger partial charge on any atom is -0.443 e. The molecule has 8 heteroatoms. The zero-order chi connectivity index (χ0) is 21.1. The molecule has 1 heterocycles. The molecule has 0 aromatic carbocycles. The zero-order valence-electron chi connectivity index (χ0n) is 17.1. The molecule has 1 aliphatic rings. The summed E-state index contributed by atoms with van der Waals surface area (Å²) < 4.78 is 10.7. The average Bonchev–Trinajstić information content (AvgIpc) is 3.19. The number of ether oxygens (including phenoxy) is 2. The van der Waals surface area contributed by atoms with Crippen LogP contribution in [0.15, 0.2) is 29.0 Å². The van der Waals surface area contributed by atoms with Crippen molar-refractivity contribution in [2.75, 3.05) is 0 Å². The summed E-state index contributed by atoms with van der Waals surface area (Å²) in [6.45, 7) is 10.4. The van der Waals surface area contributed by atoms with Crippen LogP contribution in [0.5, 0.6) is 0 Å². The molecule has 0 aliphatic heterocycles. The predicted octanol–water partition coefficient (Wildman–Crippen LogP) is 4.55. The van der Waals surface area contributed by atoms with Gasteiger partial charge in [0.1, 0.15) is 11.2 Å². The van der Waals surface area contributed by atoms with Crippen LogP contribution in [0, 0.1) is 5.92 Å². The van der Waals surface area contributed by atoms with Crippen LogP contribution < -0.4 is 5.43 Å². The van der Waals surface area contributed by atoms with Crippen molar-refractivity contribution in [3.05, 3.63) is 34.5 Å². The van der Waals surface area contributed by atoms with E-state index in [1.54, 1.807) is 59.1 Å². The molecule has 1 aromatic heterocycles. The highest BCUT2D eigenvalue weighted by molar-refractivity contribution is 7.08. The molecule has 0 bridgehead atoms. The number of hydrazine groups is 1. The van der Waals surface area contributed by atoms with E-state index in [0.29, 0.717) is 12.0 Å². The number of carbonyl (C=O) groups is 3.